The molecule has 0 saturated heterocycles. The highest BCUT2D eigenvalue weighted by Gasteiger charge is 2.02. The van der Waals surface area contributed by atoms with Crippen LogP contribution < -0.4 is 15.4 Å². The molecule has 2 amide bonds. The second-order valence-corrected chi connectivity index (χ2v) is 5.05. The summed E-state index contributed by atoms with van der Waals surface area (Å²) in [6, 6.07) is 14.6. The molecular formula is C15H15BrN2O2. The number of carbonyl (C=O) groups excluding carboxylic acids is 1. The number of halogens is 1. The predicted octanol–water partition coefficient (Wildman–Crippen LogP) is 3.92. The molecule has 0 atom stereocenters. The summed E-state index contributed by atoms with van der Waals surface area (Å²) in [5.74, 6) is 0.715. The van der Waals surface area contributed by atoms with Gasteiger partial charge in [0.2, 0.25) is 0 Å². The van der Waals surface area contributed by atoms with E-state index in [0.717, 1.165) is 15.7 Å². The van der Waals surface area contributed by atoms with Gasteiger partial charge in [-0.3, -0.25) is 0 Å². The van der Waals surface area contributed by atoms with Crippen molar-refractivity contribution in [3.8, 4) is 5.75 Å². The van der Waals surface area contributed by atoms with Gasteiger partial charge in [-0.15, -0.1) is 0 Å². The summed E-state index contributed by atoms with van der Waals surface area (Å²) in [5, 5.41) is 5.38. The predicted molar refractivity (Wildman–Crippen MR) is 83.0 cm³/mol. The molecule has 2 aromatic carbocycles. The molecule has 2 rings (SSSR count). The molecule has 0 fully saturated rings. The summed E-state index contributed by atoms with van der Waals surface area (Å²) in [5.41, 5.74) is 1.80. The van der Waals surface area contributed by atoms with Gasteiger partial charge in [-0.05, 0) is 42.8 Å². The number of benzene rings is 2. The third-order valence-corrected chi connectivity index (χ3v) is 3.52. The molecule has 104 valence electrons. The third-order valence-electron chi connectivity index (χ3n) is 2.63. The van der Waals surface area contributed by atoms with E-state index in [4.69, 9.17) is 4.74 Å². The Balaban J connectivity index is 1.79. The SMILES string of the molecule is Cc1cc(NC(=O)NCOc2ccccc2)ccc1Br. The molecule has 0 spiro atoms. The fraction of sp³-hybridized carbons (Fsp3) is 0.133. The molecule has 0 saturated carbocycles. The molecule has 20 heavy (non-hydrogen) atoms. The Labute approximate surface area is 126 Å². The maximum Gasteiger partial charge on any atom is 0.321 e. The summed E-state index contributed by atoms with van der Waals surface area (Å²) in [6.07, 6.45) is 0. The summed E-state index contributed by atoms with van der Waals surface area (Å²) in [6.45, 7) is 2.08. The van der Waals surface area contributed by atoms with Crippen molar-refractivity contribution < 1.29 is 9.53 Å². The van der Waals surface area contributed by atoms with Gasteiger partial charge in [0.05, 0.1) is 0 Å². The van der Waals surface area contributed by atoms with Crippen molar-refractivity contribution in [1.82, 2.24) is 5.32 Å². The first-order valence-corrected chi connectivity index (χ1v) is 6.93. The Morgan fingerprint density at radius 2 is 1.95 bits per heavy atom. The number of urea groups is 1. The fourth-order valence-corrected chi connectivity index (χ4v) is 1.85. The lowest BCUT2D eigenvalue weighted by Crippen LogP contribution is -2.32. The van der Waals surface area contributed by atoms with Gasteiger partial charge in [0.15, 0.2) is 6.73 Å². The molecular weight excluding hydrogens is 320 g/mol. The van der Waals surface area contributed by atoms with E-state index in [9.17, 15) is 4.79 Å². The molecule has 0 unspecified atom stereocenters. The molecule has 2 aromatic rings. The smallest absolute Gasteiger partial charge is 0.321 e. The van der Waals surface area contributed by atoms with Gasteiger partial charge < -0.3 is 15.4 Å². The first-order chi connectivity index (χ1) is 9.65. The molecule has 0 aliphatic heterocycles. The molecule has 0 aliphatic carbocycles. The second kappa shape index (κ2) is 6.96. The second-order valence-electron chi connectivity index (χ2n) is 4.20. The molecule has 0 bridgehead atoms. The van der Waals surface area contributed by atoms with Gasteiger partial charge in [-0.25, -0.2) is 4.79 Å². The van der Waals surface area contributed by atoms with Crippen LogP contribution in [0.15, 0.2) is 53.0 Å². The Bertz CT molecular complexity index is 588. The monoisotopic (exact) mass is 334 g/mol. The standard InChI is InChI=1S/C15H15BrN2O2/c1-11-9-12(7-8-14(11)16)18-15(19)17-10-20-13-5-3-2-4-6-13/h2-9H,10H2,1H3,(H2,17,18,19). The summed E-state index contributed by atoms with van der Waals surface area (Å²) < 4.78 is 6.39. The summed E-state index contributed by atoms with van der Waals surface area (Å²) in [7, 11) is 0. The van der Waals surface area contributed by atoms with Crippen LogP contribution in [0.1, 0.15) is 5.56 Å². The highest BCUT2D eigenvalue weighted by atomic mass is 79.9. The molecule has 0 radical (unpaired) electrons. The molecule has 0 heterocycles. The van der Waals surface area contributed by atoms with Gasteiger partial charge in [-0.2, -0.15) is 0 Å². The Hall–Kier alpha value is -2.01. The first-order valence-electron chi connectivity index (χ1n) is 6.14. The maximum atomic E-state index is 11.7. The zero-order chi connectivity index (χ0) is 14.4. The van der Waals surface area contributed by atoms with Crippen molar-refractivity contribution in [3.63, 3.8) is 0 Å². The fourth-order valence-electron chi connectivity index (χ4n) is 1.60. The minimum atomic E-state index is -0.303. The van der Waals surface area contributed by atoms with E-state index in [1.54, 1.807) is 0 Å². The van der Waals surface area contributed by atoms with E-state index >= 15 is 0 Å². The van der Waals surface area contributed by atoms with Crippen LogP contribution in [0.5, 0.6) is 5.75 Å². The molecule has 5 heteroatoms. The van der Waals surface area contributed by atoms with Crippen molar-refractivity contribution in [3.05, 3.63) is 58.6 Å². The lowest BCUT2D eigenvalue weighted by Gasteiger charge is -2.10. The molecule has 2 N–H and O–H groups in total. The number of nitrogens with one attached hydrogen (secondary N) is 2. The van der Waals surface area contributed by atoms with Crippen molar-refractivity contribution in [1.29, 1.82) is 0 Å². The van der Waals surface area contributed by atoms with Crippen molar-refractivity contribution in [2.75, 3.05) is 12.0 Å². The number of hydrogen-bond acceptors (Lipinski definition) is 2. The number of hydrogen-bond donors (Lipinski definition) is 2. The number of ether oxygens (including phenoxy) is 1. The maximum absolute atomic E-state index is 11.7. The average Bonchev–Trinajstić information content (AvgIpc) is 2.44. The average molecular weight is 335 g/mol. The van der Waals surface area contributed by atoms with E-state index in [2.05, 4.69) is 26.6 Å². The third kappa shape index (κ3) is 4.28. The van der Waals surface area contributed by atoms with Crippen LogP contribution in [0.4, 0.5) is 10.5 Å². The normalized spacial score (nSPS) is 9.90. The minimum absolute atomic E-state index is 0.116. The van der Waals surface area contributed by atoms with Crippen molar-refractivity contribution >= 4 is 27.6 Å². The van der Waals surface area contributed by atoms with E-state index in [1.165, 1.54) is 0 Å². The number of aryl methyl sites for hydroxylation is 1. The molecule has 0 aliphatic rings. The van der Waals surface area contributed by atoms with Crippen molar-refractivity contribution in [2.24, 2.45) is 0 Å². The minimum Gasteiger partial charge on any atom is -0.473 e. The van der Waals surface area contributed by atoms with Crippen molar-refractivity contribution in [2.45, 2.75) is 6.92 Å². The Morgan fingerprint density at radius 3 is 2.65 bits per heavy atom. The number of anilines is 1. The van der Waals surface area contributed by atoms with Gasteiger partial charge in [-0.1, -0.05) is 34.1 Å². The summed E-state index contributed by atoms with van der Waals surface area (Å²) in [4.78, 5) is 11.7. The van der Waals surface area contributed by atoms with Crippen LogP contribution in [0, 0.1) is 6.92 Å². The highest BCUT2D eigenvalue weighted by Crippen LogP contribution is 2.19. The van der Waals surface area contributed by atoms with Gasteiger partial charge in [0.1, 0.15) is 5.75 Å². The van der Waals surface area contributed by atoms with Crippen LogP contribution in [0.2, 0.25) is 0 Å². The van der Waals surface area contributed by atoms with E-state index < -0.39 is 0 Å². The lowest BCUT2D eigenvalue weighted by atomic mass is 10.2. The molecule has 4 nitrogen and oxygen atoms in total. The van der Waals surface area contributed by atoms with Gasteiger partial charge in [0, 0.05) is 10.2 Å². The topological polar surface area (TPSA) is 50.4 Å². The van der Waals surface area contributed by atoms with Crippen LogP contribution in [-0.2, 0) is 0 Å². The highest BCUT2D eigenvalue weighted by molar-refractivity contribution is 9.10. The quantitative estimate of drug-likeness (QED) is 0.832. The number of carbonyl (C=O) groups is 1. The largest absolute Gasteiger partial charge is 0.473 e. The van der Waals surface area contributed by atoms with Crippen LogP contribution in [0.25, 0.3) is 0 Å². The number of rotatable bonds is 4. The summed E-state index contributed by atoms with van der Waals surface area (Å²) >= 11 is 3.42. The Morgan fingerprint density at radius 1 is 1.20 bits per heavy atom. The van der Waals surface area contributed by atoms with Gasteiger partial charge >= 0.3 is 6.03 Å². The van der Waals surface area contributed by atoms with Crippen LogP contribution in [-0.4, -0.2) is 12.8 Å². The Kier molecular flexibility index (Phi) is 5.01. The first kappa shape index (κ1) is 14.4. The van der Waals surface area contributed by atoms with E-state index in [0.29, 0.717) is 5.75 Å². The number of amides is 2. The zero-order valence-corrected chi connectivity index (χ0v) is 12.6. The van der Waals surface area contributed by atoms with E-state index in [-0.39, 0.29) is 12.8 Å². The van der Waals surface area contributed by atoms with Gasteiger partial charge in [0.25, 0.3) is 0 Å². The van der Waals surface area contributed by atoms with E-state index in [1.807, 2.05) is 55.5 Å². The van der Waals surface area contributed by atoms with Crippen LogP contribution >= 0.6 is 15.9 Å². The number of para-hydroxylation sites is 1. The lowest BCUT2D eigenvalue weighted by molar-refractivity contribution is 0.234. The molecule has 0 aromatic heterocycles. The zero-order valence-electron chi connectivity index (χ0n) is 11.0. The van der Waals surface area contributed by atoms with Crippen LogP contribution in [0.3, 0.4) is 0 Å².